The molecule has 1 aromatic carbocycles. The monoisotopic (exact) mass is 237 g/mol. The van der Waals surface area contributed by atoms with E-state index in [1.807, 2.05) is 25.1 Å². The van der Waals surface area contributed by atoms with Crippen LogP contribution in [0, 0.1) is 18.3 Å². The molecule has 3 rings (SSSR count). The number of nitriles is 1. The number of benzene rings is 1. The lowest BCUT2D eigenvalue weighted by Crippen LogP contribution is -2.06. The maximum absolute atomic E-state index is 9.28. The third kappa shape index (κ3) is 1.91. The van der Waals surface area contributed by atoms with Gasteiger partial charge < -0.3 is 4.57 Å². The second-order valence-corrected chi connectivity index (χ2v) is 4.86. The second kappa shape index (κ2) is 4.30. The molecular formula is C15H15N3. The number of rotatable bonds is 3. The topological polar surface area (TPSA) is 41.6 Å². The molecule has 1 heterocycles. The van der Waals surface area contributed by atoms with Crippen molar-refractivity contribution in [2.75, 3.05) is 0 Å². The molecule has 0 amide bonds. The number of imidazole rings is 1. The molecule has 3 heteroatoms. The largest absolute Gasteiger partial charge is 0.315 e. The first-order valence-electron chi connectivity index (χ1n) is 6.30. The maximum Gasteiger partial charge on any atom is 0.143 e. The summed E-state index contributed by atoms with van der Waals surface area (Å²) in [5.74, 6) is 1.66. The number of hydrogen-bond donors (Lipinski definition) is 0. The van der Waals surface area contributed by atoms with E-state index in [2.05, 4.69) is 27.8 Å². The summed E-state index contributed by atoms with van der Waals surface area (Å²) in [6, 6.07) is 12.5. The van der Waals surface area contributed by atoms with Gasteiger partial charge in [-0.3, -0.25) is 0 Å². The quantitative estimate of drug-likeness (QED) is 0.823. The molecule has 1 aliphatic rings. The zero-order chi connectivity index (χ0) is 12.5. The van der Waals surface area contributed by atoms with Crippen molar-refractivity contribution in [1.82, 2.24) is 9.55 Å². The summed E-state index contributed by atoms with van der Waals surface area (Å²) in [7, 11) is 0. The molecule has 1 aliphatic carbocycles. The van der Waals surface area contributed by atoms with Crippen LogP contribution in [0.3, 0.4) is 0 Å². The third-order valence-corrected chi connectivity index (χ3v) is 3.40. The van der Waals surface area contributed by atoms with Gasteiger partial charge in [-0.25, -0.2) is 4.98 Å². The van der Waals surface area contributed by atoms with Gasteiger partial charge in [0.1, 0.15) is 17.6 Å². The summed E-state index contributed by atoms with van der Waals surface area (Å²) in [5, 5.41) is 9.28. The zero-order valence-electron chi connectivity index (χ0n) is 10.4. The van der Waals surface area contributed by atoms with Crippen molar-refractivity contribution in [1.29, 1.82) is 5.26 Å². The standard InChI is InChI=1S/C15H15N3/c1-11-14(9-16)18(15(17-11)13-7-8-13)10-12-5-3-2-4-6-12/h2-6,13H,7-8,10H2,1H3. The maximum atomic E-state index is 9.28. The van der Waals surface area contributed by atoms with Gasteiger partial charge in [-0.1, -0.05) is 30.3 Å². The normalized spacial score (nSPS) is 14.4. The van der Waals surface area contributed by atoms with Crippen molar-refractivity contribution in [2.24, 2.45) is 0 Å². The Hall–Kier alpha value is -2.08. The van der Waals surface area contributed by atoms with Crippen molar-refractivity contribution < 1.29 is 0 Å². The van der Waals surface area contributed by atoms with Crippen LogP contribution < -0.4 is 0 Å². The Morgan fingerprint density at radius 3 is 2.67 bits per heavy atom. The van der Waals surface area contributed by atoms with Crippen molar-refractivity contribution in [3.05, 3.63) is 53.1 Å². The highest BCUT2D eigenvalue weighted by molar-refractivity contribution is 5.32. The van der Waals surface area contributed by atoms with E-state index in [0.717, 1.165) is 18.1 Å². The van der Waals surface area contributed by atoms with E-state index < -0.39 is 0 Å². The fourth-order valence-electron chi connectivity index (χ4n) is 2.32. The van der Waals surface area contributed by atoms with E-state index in [0.29, 0.717) is 11.6 Å². The molecule has 0 bridgehead atoms. The molecule has 1 aromatic heterocycles. The Kier molecular flexibility index (Phi) is 2.64. The van der Waals surface area contributed by atoms with Gasteiger partial charge in [-0.15, -0.1) is 0 Å². The van der Waals surface area contributed by atoms with Gasteiger partial charge in [0.25, 0.3) is 0 Å². The predicted molar refractivity (Wildman–Crippen MR) is 69.2 cm³/mol. The lowest BCUT2D eigenvalue weighted by Gasteiger charge is -2.08. The predicted octanol–water partition coefficient (Wildman–Crippen LogP) is 2.99. The minimum Gasteiger partial charge on any atom is -0.315 e. The van der Waals surface area contributed by atoms with Gasteiger partial charge in [-0.05, 0) is 25.3 Å². The molecule has 3 nitrogen and oxygen atoms in total. The van der Waals surface area contributed by atoms with E-state index in [1.165, 1.54) is 18.4 Å². The average Bonchev–Trinajstić information content (AvgIpc) is 3.17. The average molecular weight is 237 g/mol. The minimum absolute atomic E-state index is 0.564. The number of aromatic nitrogens is 2. The van der Waals surface area contributed by atoms with Gasteiger partial charge in [0.2, 0.25) is 0 Å². The van der Waals surface area contributed by atoms with Gasteiger partial charge in [0, 0.05) is 5.92 Å². The molecule has 2 aromatic rings. The highest BCUT2D eigenvalue weighted by Crippen LogP contribution is 2.40. The molecule has 0 unspecified atom stereocenters. The lowest BCUT2D eigenvalue weighted by atomic mass is 10.2. The zero-order valence-corrected chi connectivity index (χ0v) is 10.4. The van der Waals surface area contributed by atoms with Gasteiger partial charge in [0.15, 0.2) is 0 Å². The Morgan fingerprint density at radius 1 is 1.33 bits per heavy atom. The van der Waals surface area contributed by atoms with Crippen molar-refractivity contribution >= 4 is 0 Å². The summed E-state index contributed by atoms with van der Waals surface area (Å²) in [4.78, 5) is 4.58. The molecule has 18 heavy (non-hydrogen) atoms. The first-order chi connectivity index (χ1) is 8.79. The smallest absolute Gasteiger partial charge is 0.143 e. The van der Waals surface area contributed by atoms with Crippen LogP contribution in [0.1, 0.15) is 41.5 Å². The van der Waals surface area contributed by atoms with E-state index in [9.17, 15) is 5.26 Å². The SMILES string of the molecule is Cc1nc(C2CC2)n(Cc2ccccc2)c1C#N. The van der Waals surface area contributed by atoms with Crippen LogP contribution in [-0.4, -0.2) is 9.55 Å². The van der Waals surface area contributed by atoms with Crippen LogP contribution in [-0.2, 0) is 6.54 Å². The Morgan fingerprint density at radius 2 is 2.06 bits per heavy atom. The van der Waals surface area contributed by atoms with E-state index in [1.54, 1.807) is 0 Å². The molecule has 0 aliphatic heterocycles. The Labute approximate surface area is 107 Å². The molecule has 0 spiro atoms. The number of aryl methyl sites for hydroxylation is 1. The fourth-order valence-corrected chi connectivity index (χ4v) is 2.32. The molecule has 90 valence electrons. The molecule has 1 saturated carbocycles. The van der Waals surface area contributed by atoms with Crippen LogP contribution >= 0.6 is 0 Å². The molecule has 0 N–H and O–H groups in total. The summed E-state index contributed by atoms with van der Waals surface area (Å²) in [5.41, 5.74) is 2.78. The lowest BCUT2D eigenvalue weighted by molar-refractivity contribution is 0.718. The Balaban J connectivity index is 2.02. The summed E-state index contributed by atoms with van der Waals surface area (Å²) in [6.07, 6.45) is 2.41. The molecule has 0 saturated heterocycles. The van der Waals surface area contributed by atoms with Gasteiger partial charge in [-0.2, -0.15) is 5.26 Å². The third-order valence-electron chi connectivity index (χ3n) is 3.40. The molecular weight excluding hydrogens is 222 g/mol. The number of hydrogen-bond acceptors (Lipinski definition) is 2. The van der Waals surface area contributed by atoms with Crippen LogP contribution in [0.25, 0.3) is 0 Å². The van der Waals surface area contributed by atoms with Crippen LogP contribution in [0.4, 0.5) is 0 Å². The summed E-state index contributed by atoms with van der Waals surface area (Å²) in [6.45, 7) is 2.67. The molecule has 0 atom stereocenters. The van der Waals surface area contributed by atoms with Gasteiger partial charge in [0.05, 0.1) is 12.2 Å². The minimum atomic E-state index is 0.564. The highest BCUT2D eigenvalue weighted by Gasteiger charge is 2.30. The second-order valence-electron chi connectivity index (χ2n) is 4.86. The van der Waals surface area contributed by atoms with Crippen molar-refractivity contribution in [3.63, 3.8) is 0 Å². The fraction of sp³-hybridized carbons (Fsp3) is 0.333. The first kappa shape index (κ1) is 11.0. The summed E-state index contributed by atoms with van der Waals surface area (Å²) < 4.78 is 2.09. The molecule has 1 fully saturated rings. The summed E-state index contributed by atoms with van der Waals surface area (Å²) >= 11 is 0. The van der Waals surface area contributed by atoms with E-state index >= 15 is 0 Å². The first-order valence-corrected chi connectivity index (χ1v) is 6.30. The van der Waals surface area contributed by atoms with Crippen LogP contribution in [0.2, 0.25) is 0 Å². The van der Waals surface area contributed by atoms with Crippen LogP contribution in [0.15, 0.2) is 30.3 Å². The van der Waals surface area contributed by atoms with Gasteiger partial charge >= 0.3 is 0 Å². The Bertz CT molecular complexity index is 601. The highest BCUT2D eigenvalue weighted by atomic mass is 15.1. The van der Waals surface area contributed by atoms with Crippen molar-refractivity contribution in [3.8, 4) is 6.07 Å². The van der Waals surface area contributed by atoms with E-state index in [4.69, 9.17) is 0 Å². The number of nitrogens with zero attached hydrogens (tertiary/aromatic N) is 3. The van der Waals surface area contributed by atoms with Crippen molar-refractivity contribution in [2.45, 2.75) is 32.2 Å². The van der Waals surface area contributed by atoms with E-state index in [-0.39, 0.29) is 0 Å². The molecule has 0 radical (unpaired) electrons. The van der Waals surface area contributed by atoms with Crippen LogP contribution in [0.5, 0.6) is 0 Å².